The number of likely N-dealkylation sites (tertiary alicyclic amines) is 2. The van der Waals surface area contributed by atoms with Crippen molar-refractivity contribution in [1.82, 2.24) is 50.2 Å². The number of H-pyrrole nitrogens is 2. The van der Waals surface area contributed by atoms with Gasteiger partial charge in [0.25, 0.3) is 0 Å². The van der Waals surface area contributed by atoms with Gasteiger partial charge in [-0.25, -0.2) is 19.6 Å². The average Bonchev–Trinajstić information content (AvgIpc) is 4.00. The Kier molecular flexibility index (Phi) is 12.7. The molecule has 2 aromatic heterocycles. The second-order valence-electron chi connectivity index (χ2n) is 16.4. The number of nitrogens with one attached hydrogen (secondary N) is 4. The minimum Gasteiger partial charge on any atom is -0.340 e. The molecule has 2 aliphatic heterocycles. The number of benzene rings is 2. The van der Waals surface area contributed by atoms with Crippen LogP contribution in [0, 0.1) is 11.8 Å². The van der Waals surface area contributed by atoms with Crippen molar-refractivity contribution in [3.63, 3.8) is 0 Å². The Balaban J connectivity index is 1.11. The minimum absolute atomic E-state index is 0.0617. The number of aromatic nitrogens is 4. The molecule has 0 radical (unpaired) electrons. The molecule has 4 aromatic rings. The second-order valence-corrected chi connectivity index (χ2v) is 16.4. The fraction of sp³-hybridized carbons (Fsp3) is 0.488. The Hall–Kier alpha value is -5.66. The summed E-state index contributed by atoms with van der Waals surface area (Å²) in [5.41, 5.74) is 5.87. The number of nitrogens with zero attached hydrogens (tertiary/aromatic N) is 6. The average molecular weight is 779 g/mol. The van der Waals surface area contributed by atoms with Crippen LogP contribution in [0.4, 0.5) is 9.59 Å². The molecule has 0 spiro atoms. The molecule has 0 aliphatic carbocycles. The zero-order valence-corrected chi connectivity index (χ0v) is 34.5. The van der Waals surface area contributed by atoms with Crippen LogP contribution in [0.2, 0.25) is 0 Å². The molecule has 14 heteroatoms. The lowest BCUT2D eigenvalue weighted by molar-refractivity contribution is -0.138. The summed E-state index contributed by atoms with van der Waals surface area (Å²) >= 11 is 0. The molecular formula is C43H58N10O4. The van der Waals surface area contributed by atoms with Crippen molar-refractivity contribution in [3.8, 4) is 33.6 Å². The topological polar surface area (TPSA) is 163 Å². The Morgan fingerprint density at radius 1 is 0.596 bits per heavy atom. The van der Waals surface area contributed by atoms with Crippen molar-refractivity contribution in [2.45, 2.75) is 84.0 Å². The van der Waals surface area contributed by atoms with Gasteiger partial charge in [-0.15, -0.1) is 0 Å². The number of hydrogen-bond donors (Lipinski definition) is 4. The third kappa shape index (κ3) is 9.16. The van der Waals surface area contributed by atoms with Gasteiger partial charge >= 0.3 is 12.1 Å². The highest BCUT2D eigenvalue weighted by molar-refractivity contribution is 5.88. The highest BCUT2D eigenvalue weighted by Crippen LogP contribution is 2.35. The van der Waals surface area contributed by atoms with E-state index in [0.717, 1.165) is 77.4 Å². The smallest absolute Gasteiger partial charge is 0.317 e. The lowest BCUT2D eigenvalue weighted by Crippen LogP contribution is -2.54. The van der Waals surface area contributed by atoms with Crippen LogP contribution >= 0.6 is 0 Å². The Labute approximate surface area is 335 Å². The van der Waals surface area contributed by atoms with Crippen LogP contribution in [0.15, 0.2) is 60.9 Å². The van der Waals surface area contributed by atoms with Crippen molar-refractivity contribution in [1.29, 1.82) is 0 Å². The van der Waals surface area contributed by atoms with E-state index < -0.39 is 12.1 Å². The van der Waals surface area contributed by atoms with E-state index in [9.17, 15) is 19.2 Å². The van der Waals surface area contributed by atoms with Gasteiger partial charge < -0.3 is 40.2 Å². The molecule has 2 aliphatic rings. The molecule has 14 nitrogen and oxygen atoms in total. The Morgan fingerprint density at radius 3 is 1.35 bits per heavy atom. The maximum Gasteiger partial charge on any atom is 0.317 e. The highest BCUT2D eigenvalue weighted by Gasteiger charge is 2.38. The molecule has 0 unspecified atom stereocenters. The Bertz CT molecular complexity index is 2020. The van der Waals surface area contributed by atoms with Crippen molar-refractivity contribution in [2.24, 2.45) is 11.8 Å². The van der Waals surface area contributed by atoms with Crippen LogP contribution in [0.5, 0.6) is 0 Å². The van der Waals surface area contributed by atoms with Gasteiger partial charge in [-0.2, -0.15) is 0 Å². The fourth-order valence-electron chi connectivity index (χ4n) is 7.69. The molecule has 4 N–H and O–H groups in total. The van der Waals surface area contributed by atoms with Crippen LogP contribution in [0.25, 0.3) is 33.6 Å². The number of aromatic amines is 2. The van der Waals surface area contributed by atoms with Gasteiger partial charge in [0, 0.05) is 41.3 Å². The van der Waals surface area contributed by atoms with E-state index in [4.69, 9.17) is 9.97 Å². The van der Waals surface area contributed by atoms with Crippen molar-refractivity contribution in [3.05, 3.63) is 72.6 Å². The zero-order chi connectivity index (χ0) is 41.0. The number of carbonyl (C=O) groups excluding carboxylic acids is 4. The van der Waals surface area contributed by atoms with E-state index >= 15 is 0 Å². The predicted octanol–water partition coefficient (Wildman–Crippen LogP) is 6.44. The molecule has 6 rings (SSSR count). The van der Waals surface area contributed by atoms with Gasteiger partial charge in [-0.05, 0) is 66.2 Å². The molecule has 2 aromatic carbocycles. The van der Waals surface area contributed by atoms with Gasteiger partial charge in [-0.3, -0.25) is 9.59 Å². The summed E-state index contributed by atoms with van der Waals surface area (Å²) < 4.78 is 0. The van der Waals surface area contributed by atoms with E-state index in [0.29, 0.717) is 13.1 Å². The SMILES string of the molecule is CC(C)[C@H](NC(=O)N(C)C)C(=O)N1CCCC[C@H]1c1ncc(-c2ccc(-c3ccc(-c4cnc([C@@H]5CCCN5C(=O)[C@@H](NC(=O)N(C)C)C(C)C)[nH]4)cc3)cc2)[nH]1. The van der Waals surface area contributed by atoms with Gasteiger partial charge in [-0.1, -0.05) is 76.2 Å². The summed E-state index contributed by atoms with van der Waals surface area (Å²) in [5, 5.41) is 5.81. The van der Waals surface area contributed by atoms with Crippen LogP contribution < -0.4 is 10.6 Å². The lowest BCUT2D eigenvalue weighted by atomic mass is 9.97. The molecule has 4 heterocycles. The molecule has 0 bridgehead atoms. The van der Waals surface area contributed by atoms with Crippen molar-refractivity contribution >= 4 is 23.9 Å². The maximum atomic E-state index is 13.8. The van der Waals surface area contributed by atoms with Crippen LogP contribution in [0.3, 0.4) is 0 Å². The first-order valence-corrected chi connectivity index (χ1v) is 20.1. The van der Waals surface area contributed by atoms with E-state index in [2.05, 4.69) is 69.1 Å². The molecule has 6 amide bonds. The number of hydrogen-bond acceptors (Lipinski definition) is 6. The summed E-state index contributed by atoms with van der Waals surface area (Å²) in [6.07, 6.45) is 8.02. The number of piperidine rings is 1. The minimum atomic E-state index is -0.623. The predicted molar refractivity (Wildman–Crippen MR) is 221 cm³/mol. The highest BCUT2D eigenvalue weighted by atomic mass is 16.2. The molecule has 0 saturated carbocycles. The summed E-state index contributed by atoms with van der Waals surface area (Å²) in [6, 6.07) is 14.4. The third-order valence-electron chi connectivity index (χ3n) is 11.1. The summed E-state index contributed by atoms with van der Waals surface area (Å²) in [6.45, 7) is 9.03. The van der Waals surface area contributed by atoms with Crippen molar-refractivity contribution < 1.29 is 19.2 Å². The fourth-order valence-corrected chi connectivity index (χ4v) is 7.69. The van der Waals surface area contributed by atoms with Crippen LogP contribution in [-0.2, 0) is 9.59 Å². The number of amides is 6. The number of rotatable bonds is 11. The first-order chi connectivity index (χ1) is 27.2. The molecule has 57 heavy (non-hydrogen) atoms. The molecule has 4 atom stereocenters. The standard InChI is InChI=1S/C43H58N10O4/c1-26(2)36(48-42(56)50(5)6)40(54)52-22-10-9-12-34(52)38-44-24-32(46-38)30-18-14-28(15-19-30)29-16-20-31(21-17-29)33-25-45-39(47-33)35-13-11-23-53(35)41(55)37(27(3)4)49-43(57)51(7)8/h14-21,24-27,34-37H,9-13,22-23H2,1-8H3,(H,44,46)(H,45,47)(H,48,56)(H,49,57)/t34-,35-,36-,37-/m0/s1. The van der Waals surface area contributed by atoms with E-state index in [1.54, 1.807) is 28.2 Å². The normalized spacial score (nSPS) is 18.1. The maximum absolute atomic E-state index is 13.8. The van der Waals surface area contributed by atoms with Crippen molar-refractivity contribution in [2.75, 3.05) is 41.3 Å². The molecule has 304 valence electrons. The van der Waals surface area contributed by atoms with Gasteiger partial charge in [0.15, 0.2) is 0 Å². The third-order valence-corrected chi connectivity index (χ3v) is 11.1. The van der Waals surface area contributed by atoms with Crippen LogP contribution in [0.1, 0.15) is 83.5 Å². The summed E-state index contributed by atoms with van der Waals surface area (Å²) in [7, 11) is 6.67. The van der Waals surface area contributed by atoms with Gasteiger partial charge in [0.1, 0.15) is 23.7 Å². The monoisotopic (exact) mass is 778 g/mol. The largest absolute Gasteiger partial charge is 0.340 e. The number of urea groups is 2. The first kappa shape index (κ1) is 41.0. The summed E-state index contributed by atoms with van der Waals surface area (Å²) in [4.78, 5) is 75.5. The van der Waals surface area contributed by atoms with E-state index in [-0.39, 0.29) is 47.8 Å². The summed E-state index contributed by atoms with van der Waals surface area (Å²) in [5.74, 6) is 1.20. The molecular weight excluding hydrogens is 721 g/mol. The Morgan fingerprint density at radius 2 is 0.965 bits per heavy atom. The number of imidazole rings is 2. The molecule has 2 fully saturated rings. The zero-order valence-electron chi connectivity index (χ0n) is 34.5. The van der Waals surface area contributed by atoms with Crippen LogP contribution in [-0.4, -0.2) is 117 Å². The van der Waals surface area contributed by atoms with E-state index in [1.807, 2.05) is 49.9 Å². The lowest BCUT2D eigenvalue weighted by Gasteiger charge is -2.38. The van der Waals surface area contributed by atoms with Gasteiger partial charge in [0.2, 0.25) is 11.8 Å². The molecule has 2 saturated heterocycles. The second kappa shape index (κ2) is 17.6. The number of carbonyl (C=O) groups is 4. The first-order valence-electron chi connectivity index (χ1n) is 20.1. The van der Waals surface area contributed by atoms with E-state index in [1.165, 1.54) is 9.80 Å². The van der Waals surface area contributed by atoms with Gasteiger partial charge in [0.05, 0.1) is 35.9 Å². The quantitative estimate of drug-likeness (QED) is 0.137.